The van der Waals surface area contributed by atoms with Gasteiger partial charge in [0.25, 0.3) is 9.84 Å². The van der Waals surface area contributed by atoms with Crippen LogP contribution in [0.15, 0.2) is 61.1 Å². The zero-order chi connectivity index (χ0) is 28.4. The van der Waals surface area contributed by atoms with Crippen molar-refractivity contribution < 1.29 is 34.7 Å². The average Bonchev–Trinajstić information content (AvgIpc) is 3.23. The van der Waals surface area contributed by atoms with Crippen LogP contribution < -0.4 is 14.8 Å². The molecule has 0 aliphatic heterocycles. The van der Waals surface area contributed by atoms with Crippen LogP contribution in [0.3, 0.4) is 0 Å². The van der Waals surface area contributed by atoms with Crippen molar-refractivity contribution in [2.75, 3.05) is 23.2 Å². The van der Waals surface area contributed by atoms with E-state index in [2.05, 4.69) is 20.0 Å². The van der Waals surface area contributed by atoms with Gasteiger partial charge in [-0.2, -0.15) is 17.4 Å². The van der Waals surface area contributed by atoms with Crippen molar-refractivity contribution in [3.05, 3.63) is 71.6 Å². The monoisotopic (exact) mass is 604 g/mol. The number of sulfonamides is 1. The SMILES string of the molecule is CS(=O)(=[OH+])CS(=O)(=O)NCCn1ccc2ncnc(Nc3ccc(Oc4cccc(C(F)(F)F)c4)c(Cl)c3)c21. The Labute approximate surface area is 226 Å². The molecule has 0 saturated heterocycles. The van der Waals surface area contributed by atoms with Gasteiger partial charge in [0.1, 0.15) is 23.3 Å². The van der Waals surface area contributed by atoms with Crippen molar-refractivity contribution in [3.8, 4) is 11.5 Å². The fraction of sp³-hybridized carbons (Fsp3) is 0.217. The average molecular weight is 605 g/mol. The maximum atomic E-state index is 13.0. The van der Waals surface area contributed by atoms with Crippen LogP contribution in [0.4, 0.5) is 24.7 Å². The maximum absolute atomic E-state index is 13.0. The number of hydrogen-bond donors (Lipinski definition) is 2. The molecule has 0 fully saturated rings. The Morgan fingerprint density at radius 1 is 1.10 bits per heavy atom. The largest absolute Gasteiger partial charge is 0.456 e. The number of nitrogens with one attached hydrogen (secondary N) is 2. The molecule has 0 amide bonds. The van der Waals surface area contributed by atoms with Gasteiger partial charge in [-0.15, -0.1) is 0 Å². The third-order valence-corrected chi connectivity index (χ3v) is 9.11. The predicted molar refractivity (Wildman–Crippen MR) is 142 cm³/mol. The first kappa shape index (κ1) is 28.6. The van der Waals surface area contributed by atoms with Gasteiger partial charge in [0, 0.05) is 25.0 Å². The molecule has 0 aliphatic rings. The van der Waals surface area contributed by atoms with Crippen LogP contribution in [-0.4, -0.2) is 49.3 Å². The molecule has 2 aromatic carbocycles. The van der Waals surface area contributed by atoms with E-state index in [0.29, 0.717) is 22.5 Å². The fourth-order valence-electron chi connectivity index (χ4n) is 3.62. The molecule has 16 heteroatoms. The lowest BCUT2D eigenvalue weighted by atomic mass is 10.2. The van der Waals surface area contributed by atoms with E-state index in [9.17, 15) is 30.0 Å². The molecule has 10 nitrogen and oxygen atoms in total. The molecule has 4 rings (SSSR count). The molecular formula is C23H22ClF3N5O5S2+. The molecule has 3 N–H and O–H groups in total. The van der Waals surface area contributed by atoms with Gasteiger partial charge >= 0.3 is 6.18 Å². The fourth-order valence-corrected chi connectivity index (χ4v) is 6.88. The Bertz CT molecular complexity index is 1730. The molecule has 0 aliphatic carbocycles. The lowest BCUT2D eigenvalue weighted by molar-refractivity contribution is -0.137. The molecule has 0 radical (unpaired) electrons. The first-order valence-corrected chi connectivity index (χ1v) is 15.2. The summed E-state index contributed by atoms with van der Waals surface area (Å²) < 4.78 is 93.3. The predicted octanol–water partition coefficient (Wildman–Crippen LogP) is 4.72. The van der Waals surface area contributed by atoms with Crippen LogP contribution in [0.1, 0.15) is 5.56 Å². The normalized spacial score (nSPS) is 13.8. The number of alkyl halides is 3. The Kier molecular flexibility index (Phi) is 8.07. The summed E-state index contributed by atoms with van der Waals surface area (Å²) in [7, 11) is -7.44. The van der Waals surface area contributed by atoms with E-state index >= 15 is 0 Å². The molecule has 0 saturated carbocycles. The molecule has 1 unspecified atom stereocenters. The number of aromatic nitrogens is 3. The van der Waals surface area contributed by atoms with E-state index < -0.39 is 36.7 Å². The summed E-state index contributed by atoms with van der Waals surface area (Å²) in [6.07, 6.45) is -0.548. The quantitative estimate of drug-likeness (QED) is 0.250. The van der Waals surface area contributed by atoms with Crippen molar-refractivity contribution in [3.63, 3.8) is 0 Å². The highest BCUT2D eigenvalue weighted by molar-refractivity contribution is 8.06. The minimum atomic E-state index is -4.51. The summed E-state index contributed by atoms with van der Waals surface area (Å²) in [6, 6.07) is 10.7. The van der Waals surface area contributed by atoms with E-state index in [-0.39, 0.29) is 29.6 Å². The molecule has 0 spiro atoms. The third kappa shape index (κ3) is 7.59. The van der Waals surface area contributed by atoms with Gasteiger partial charge in [-0.3, -0.25) is 0 Å². The van der Waals surface area contributed by atoms with Gasteiger partial charge in [-0.05, 0) is 42.5 Å². The van der Waals surface area contributed by atoms with E-state index in [1.165, 1.54) is 30.6 Å². The third-order valence-electron chi connectivity index (χ3n) is 5.18. The molecule has 2 heterocycles. The minimum Gasteiger partial charge on any atom is -0.456 e. The summed E-state index contributed by atoms with van der Waals surface area (Å²) in [5, 5.41) is 2.32. The Hall–Kier alpha value is -3.40. The first-order chi connectivity index (χ1) is 18.2. The van der Waals surface area contributed by atoms with Crippen LogP contribution in [0.2, 0.25) is 5.02 Å². The highest BCUT2D eigenvalue weighted by Gasteiger charge is 2.30. The van der Waals surface area contributed by atoms with E-state index in [1.54, 1.807) is 22.9 Å². The van der Waals surface area contributed by atoms with Crippen molar-refractivity contribution in [1.29, 1.82) is 0 Å². The molecule has 208 valence electrons. The number of halogens is 4. The van der Waals surface area contributed by atoms with Crippen LogP contribution in [0, 0.1) is 0 Å². The van der Waals surface area contributed by atoms with Gasteiger partial charge in [0.15, 0.2) is 5.82 Å². The number of ether oxygens (including phenoxy) is 1. The second-order valence-corrected chi connectivity index (χ2v) is 13.2. The van der Waals surface area contributed by atoms with E-state index in [0.717, 1.165) is 18.4 Å². The molecular weight excluding hydrogens is 583 g/mol. The molecule has 39 heavy (non-hydrogen) atoms. The van der Waals surface area contributed by atoms with Crippen LogP contribution in [0.5, 0.6) is 11.5 Å². The molecule has 1 atom stereocenters. The Morgan fingerprint density at radius 2 is 1.87 bits per heavy atom. The highest BCUT2D eigenvalue weighted by Crippen LogP contribution is 2.36. The van der Waals surface area contributed by atoms with Crippen molar-refractivity contribution in [2.45, 2.75) is 12.7 Å². The number of anilines is 2. The van der Waals surface area contributed by atoms with Gasteiger partial charge < -0.3 is 14.6 Å². The number of rotatable bonds is 10. The molecule has 0 bridgehead atoms. The van der Waals surface area contributed by atoms with Gasteiger partial charge in [-0.25, -0.2) is 27.3 Å². The number of fused-ring (bicyclic) bond motifs is 1. The van der Waals surface area contributed by atoms with Gasteiger partial charge in [-0.1, -0.05) is 17.7 Å². The summed E-state index contributed by atoms with van der Waals surface area (Å²) in [4.78, 5) is 8.46. The summed E-state index contributed by atoms with van der Waals surface area (Å²) in [5.41, 5.74) is 0.762. The topological polar surface area (TPSA) is 137 Å². The lowest BCUT2D eigenvalue weighted by Gasteiger charge is -2.13. The molecule has 4 aromatic rings. The Balaban J connectivity index is 1.50. The van der Waals surface area contributed by atoms with Crippen LogP contribution >= 0.6 is 11.6 Å². The summed E-state index contributed by atoms with van der Waals surface area (Å²) in [5.74, 6) is 0.491. The van der Waals surface area contributed by atoms with E-state index in [4.69, 9.17) is 16.3 Å². The second-order valence-electron chi connectivity index (χ2n) is 8.45. The van der Waals surface area contributed by atoms with E-state index in [1.807, 2.05) is 0 Å². The number of benzene rings is 2. The lowest BCUT2D eigenvalue weighted by Crippen LogP contribution is -2.32. The zero-order valence-electron chi connectivity index (χ0n) is 20.1. The van der Waals surface area contributed by atoms with Gasteiger partial charge in [0.2, 0.25) is 15.1 Å². The second kappa shape index (κ2) is 11.0. The zero-order valence-corrected chi connectivity index (χ0v) is 22.5. The molecule has 2 aromatic heterocycles. The standard InChI is InChI=1S/C23H21ClF3N5O5S2/c1-38(33,34)14-39(35,36)30-8-10-32-9-7-19-21(32)22(29-13-28-19)31-16-5-6-20(18(24)12-16)37-17-4-2-3-15(11-17)23(25,26)27/h2-7,9,11-13,30H,8,10,14H2,1H3,(H,28,29,31)/p+1. The summed E-state index contributed by atoms with van der Waals surface area (Å²) in [6.45, 7) is 0.120. The highest BCUT2D eigenvalue weighted by atomic mass is 35.5. The summed E-state index contributed by atoms with van der Waals surface area (Å²) >= 11 is 6.33. The first-order valence-electron chi connectivity index (χ1n) is 11.1. The Morgan fingerprint density at radius 3 is 2.56 bits per heavy atom. The number of nitrogens with zero attached hydrogens (tertiary/aromatic N) is 3. The van der Waals surface area contributed by atoms with Crippen LogP contribution in [0.25, 0.3) is 11.0 Å². The van der Waals surface area contributed by atoms with Crippen molar-refractivity contribution >= 4 is 54.0 Å². The smallest absolute Gasteiger partial charge is 0.416 e. The minimum absolute atomic E-state index is 0.0290. The van der Waals surface area contributed by atoms with Crippen molar-refractivity contribution in [2.24, 2.45) is 0 Å². The van der Waals surface area contributed by atoms with Crippen molar-refractivity contribution in [1.82, 2.24) is 19.3 Å². The van der Waals surface area contributed by atoms with Gasteiger partial charge in [0.05, 0.1) is 22.4 Å². The maximum Gasteiger partial charge on any atom is 0.416 e. The van der Waals surface area contributed by atoms with Crippen LogP contribution in [-0.2, 0) is 32.6 Å². The number of hydrogen-bond acceptors (Lipinski definition) is 7.